The van der Waals surface area contributed by atoms with E-state index in [2.05, 4.69) is 6.92 Å². The van der Waals surface area contributed by atoms with Crippen molar-refractivity contribution in [2.75, 3.05) is 0 Å². The summed E-state index contributed by atoms with van der Waals surface area (Å²) in [5, 5.41) is 8.52. The van der Waals surface area contributed by atoms with Gasteiger partial charge in [0.15, 0.2) is 0 Å². The van der Waals surface area contributed by atoms with E-state index < -0.39 is 25.5 Å². The molecule has 0 radical (unpaired) electrons. The van der Waals surface area contributed by atoms with Crippen LogP contribution in [0.5, 0.6) is 0 Å². The molecule has 1 aromatic carbocycles. The van der Waals surface area contributed by atoms with E-state index in [4.69, 9.17) is 8.79 Å². The molecule has 1 aromatic rings. The van der Waals surface area contributed by atoms with Crippen LogP contribution in [0.1, 0.15) is 115 Å². The molecule has 0 heterocycles. The maximum atomic E-state index is 10.3. The second-order valence-corrected chi connectivity index (χ2v) is 8.89. The first-order valence-corrected chi connectivity index (χ1v) is 13.6. The van der Waals surface area contributed by atoms with Crippen LogP contribution >= 0.6 is 0 Å². The standard InChI is InChI=1S/C18H36O2.C8H7.H2O.Ti/c1-2-3-4-5-6-7-8-9-10-11-12-13-14-15-16-17-18(19)20;1-2-8-6-4-3-5-7-8;;/h2-17H2,1H3,(H,19,20);1-7H;1H2;/q;;;+1/p-1. The van der Waals surface area contributed by atoms with E-state index in [0.29, 0.717) is 6.42 Å². The summed E-state index contributed by atoms with van der Waals surface area (Å²) in [7, 11) is 0. The van der Waals surface area contributed by atoms with Gasteiger partial charge in [-0.15, -0.1) is 0 Å². The monoisotopic (exact) mass is 452 g/mol. The summed E-state index contributed by atoms with van der Waals surface area (Å²) >= 11 is -0.809. The van der Waals surface area contributed by atoms with Crippen LogP contribution in [-0.2, 0) is 24.3 Å². The summed E-state index contributed by atoms with van der Waals surface area (Å²) in [5.41, 5.74) is 1.15. The van der Waals surface area contributed by atoms with E-state index in [1.54, 1.807) is 0 Å². The van der Waals surface area contributed by atoms with Gasteiger partial charge in [-0.05, 0) is 6.42 Å². The Bertz CT molecular complexity index is 502. The molecular weight excluding hydrogens is 408 g/mol. The summed E-state index contributed by atoms with van der Waals surface area (Å²) in [4.78, 5) is 10.3. The van der Waals surface area contributed by atoms with Crippen LogP contribution < -0.4 is 0 Å². The van der Waals surface area contributed by atoms with E-state index in [0.717, 1.165) is 18.4 Å². The minimum absolute atomic E-state index is 0.345. The second kappa shape index (κ2) is 24.4. The van der Waals surface area contributed by atoms with Crippen molar-refractivity contribution >= 4 is 12.0 Å². The molecule has 0 spiro atoms. The molecule has 0 aliphatic rings. The Balaban J connectivity index is 0.000000696. The molecule has 0 aromatic heterocycles. The van der Waals surface area contributed by atoms with Gasteiger partial charge in [-0.1, -0.05) is 96.8 Å². The number of rotatable bonds is 18. The third-order valence-corrected chi connectivity index (χ3v) is 5.64. The van der Waals surface area contributed by atoms with Gasteiger partial charge in [0.25, 0.3) is 0 Å². The molecular formula is C26H44O3Ti. The number of carboxylic acids is 1. The molecule has 30 heavy (non-hydrogen) atoms. The first-order valence-electron chi connectivity index (χ1n) is 12.0. The molecule has 4 heteroatoms. The van der Waals surface area contributed by atoms with Crippen LogP contribution in [0.4, 0.5) is 0 Å². The Kier molecular flexibility index (Phi) is 23.6. The zero-order chi connectivity index (χ0) is 22.1. The Hall–Kier alpha value is -0.896. The van der Waals surface area contributed by atoms with Crippen LogP contribution in [0.2, 0.25) is 0 Å². The molecule has 1 rings (SSSR count). The first kappa shape index (κ1) is 29.1. The zero-order valence-electron chi connectivity index (χ0n) is 19.2. The SMILES string of the molecule is CCCCCCCCCCCCCCCCCC(=O)O.[OH][Ti][CH]=Cc1ccccc1. The van der Waals surface area contributed by atoms with Crippen LogP contribution in [0.3, 0.4) is 0 Å². The van der Waals surface area contributed by atoms with Gasteiger partial charge >= 0.3 is 75.6 Å². The van der Waals surface area contributed by atoms with Crippen molar-refractivity contribution in [3.63, 3.8) is 0 Å². The molecule has 2 N–H and O–H groups in total. The van der Waals surface area contributed by atoms with E-state index in [1.165, 1.54) is 83.5 Å². The molecule has 0 unspecified atom stereocenters. The van der Waals surface area contributed by atoms with Crippen LogP contribution in [0.25, 0.3) is 6.08 Å². The molecule has 0 atom stereocenters. The van der Waals surface area contributed by atoms with Gasteiger partial charge < -0.3 is 5.11 Å². The van der Waals surface area contributed by atoms with Crippen molar-refractivity contribution in [3.8, 4) is 0 Å². The molecule has 0 fully saturated rings. The Labute approximate surface area is 194 Å². The summed E-state index contributed by atoms with van der Waals surface area (Å²) in [6.45, 7) is 2.27. The van der Waals surface area contributed by atoms with Crippen molar-refractivity contribution in [1.29, 1.82) is 0 Å². The van der Waals surface area contributed by atoms with Crippen molar-refractivity contribution in [3.05, 3.63) is 40.3 Å². The average molecular weight is 453 g/mol. The van der Waals surface area contributed by atoms with Crippen LogP contribution in [0, 0.1) is 0 Å². The number of hydrogen-bond donors (Lipinski definition) is 2. The Morgan fingerprint density at radius 3 is 1.60 bits per heavy atom. The van der Waals surface area contributed by atoms with Crippen LogP contribution in [-0.4, -0.2) is 14.8 Å². The van der Waals surface area contributed by atoms with Gasteiger partial charge in [0.2, 0.25) is 0 Å². The number of benzene rings is 1. The summed E-state index contributed by atoms with van der Waals surface area (Å²) in [6.07, 6.45) is 22.1. The number of unbranched alkanes of at least 4 members (excludes halogenated alkanes) is 14. The van der Waals surface area contributed by atoms with Gasteiger partial charge in [0.1, 0.15) is 0 Å². The quantitative estimate of drug-likeness (QED) is 0.175. The average Bonchev–Trinajstić information content (AvgIpc) is 2.76. The molecule has 0 saturated heterocycles. The van der Waals surface area contributed by atoms with E-state index in [1.807, 2.05) is 40.8 Å². The first-order chi connectivity index (χ1) is 14.7. The second-order valence-electron chi connectivity index (χ2n) is 7.97. The summed E-state index contributed by atoms with van der Waals surface area (Å²) in [5.74, 6) is -0.653. The maximum absolute atomic E-state index is 10.3. The third-order valence-electron chi connectivity index (χ3n) is 5.14. The topological polar surface area (TPSA) is 57.5 Å². The Morgan fingerprint density at radius 1 is 0.767 bits per heavy atom. The van der Waals surface area contributed by atoms with E-state index in [9.17, 15) is 4.79 Å². The predicted octanol–water partition coefficient (Wildman–Crippen LogP) is 7.98. The van der Waals surface area contributed by atoms with E-state index in [-0.39, 0.29) is 0 Å². The number of carboxylic acid groups (broad SMARTS) is 1. The Morgan fingerprint density at radius 2 is 1.20 bits per heavy atom. The fourth-order valence-electron chi connectivity index (χ4n) is 3.35. The van der Waals surface area contributed by atoms with E-state index >= 15 is 0 Å². The predicted molar refractivity (Wildman–Crippen MR) is 125 cm³/mol. The molecule has 3 nitrogen and oxygen atoms in total. The minimum atomic E-state index is -0.809. The van der Waals surface area contributed by atoms with Gasteiger partial charge in [-0.25, -0.2) is 0 Å². The molecule has 170 valence electrons. The molecule has 0 amide bonds. The van der Waals surface area contributed by atoms with Gasteiger partial charge in [-0.2, -0.15) is 0 Å². The molecule has 0 saturated carbocycles. The van der Waals surface area contributed by atoms with Crippen molar-refractivity contribution in [2.24, 2.45) is 0 Å². The van der Waals surface area contributed by atoms with Crippen molar-refractivity contribution in [1.82, 2.24) is 0 Å². The number of hydrogen-bond acceptors (Lipinski definition) is 2. The normalized spacial score (nSPS) is 10.6. The third kappa shape index (κ3) is 23.4. The van der Waals surface area contributed by atoms with Crippen molar-refractivity contribution in [2.45, 2.75) is 110 Å². The summed E-state index contributed by atoms with van der Waals surface area (Å²) < 4.78 is 10.4. The number of aliphatic carboxylic acids is 1. The van der Waals surface area contributed by atoms with Crippen LogP contribution in [0.15, 0.2) is 34.7 Å². The fourth-order valence-corrected chi connectivity index (χ4v) is 3.76. The molecule has 0 aliphatic carbocycles. The summed E-state index contributed by atoms with van der Waals surface area (Å²) in [6, 6.07) is 9.97. The zero-order valence-corrected chi connectivity index (χ0v) is 20.7. The van der Waals surface area contributed by atoms with Gasteiger partial charge in [-0.3, -0.25) is 4.79 Å². The van der Waals surface area contributed by atoms with Gasteiger partial charge in [0, 0.05) is 6.42 Å². The van der Waals surface area contributed by atoms with Gasteiger partial charge in [0.05, 0.1) is 0 Å². The molecule has 0 aliphatic heterocycles. The molecule has 0 bridgehead atoms. The van der Waals surface area contributed by atoms with Crippen molar-refractivity contribution < 1.29 is 33.1 Å². The fraction of sp³-hybridized carbons (Fsp3) is 0.654. The number of carbonyl (C=O) groups is 1.